The molecule has 0 saturated carbocycles. The summed E-state index contributed by atoms with van der Waals surface area (Å²) < 4.78 is 0.722. The maximum atomic E-state index is 12.1. The summed E-state index contributed by atoms with van der Waals surface area (Å²) in [5.41, 5.74) is 1.41. The highest BCUT2D eigenvalue weighted by molar-refractivity contribution is 9.10. The van der Waals surface area contributed by atoms with Crippen molar-refractivity contribution in [2.75, 3.05) is 5.32 Å². The molecule has 2 rings (SSSR count). The van der Waals surface area contributed by atoms with Crippen molar-refractivity contribution < 1.29 is 9.59 Å². The molecule has 1 N–H and O–H groups in total. The number of amides is 1. The van der Waals surface area contributed by atoms with E-state index in [9.17, 15) is 9.59 Å². The summed E-state index contributed by atoms with van der Waals surface area (Å²) in [5, 5.41) is 2.71. The first-order valence-electron chi connectivity index (χ1n) is 5.60. The normalized spacial score (nSPS) is 10.0. The summed E-state index contributed by atoms with van der Waals surface area (Å²) in [6.45, 7) is 1.46. The zero-order valence-corrected chi connectivity index (χ0v) is 11.8. The average molecular weight is 319 g/mol. The Hall–Kier alpha value is -2.01. The summed E-state index contributed by atoms with van der Waals surface area (Å²) in [6.07, 6.45) is 3.07. The molecule has 0 atom stereocenters. The molecule has 96 valence electrons. The Bertz CT molecular complexity index is 641. The Balaban J connectivity index is 2.27. The van der Waals surface area contributed by atoms with Gasteiger partial charge in [-0.3, -0.25) is 14.6 Å². The summed E-state index contributed by atoms with van der Waals surface area (Å²) in [5.74, 6) is -0.397. The van der Waals surface area contributed by atoms with Crippen molar-refractivity contribution in [3.8, 4) is 0 Å². The summed E-state index contributed by atoms with van der Waals surface area (Å²) in [4.78, 5) is 27.5. The van der Waals surface area contributed by atoms with Crippen LogP contribution >= 0.6 is 15.9 Å². The number of hydrogen-bond acceptors (Lipinski definition) is 3. The number of nitrogens with zero attached hydrogens (tertiary/aromatic N) is 1. The Morgan fingerprint density at radius 1 is 1.21 bits per heavy atom. The number of hydrogen-bond donors (Lipinski definition) is 1. The lowest BCUT2D eigenvalue weighted by molar-refractivity contribution is 0.101. The number of carbonyl (C=O) groups excluding carboxylic acids is 2. The van der Waals surface area contributed by atoms with Gasteiger partial charge in [-0.25, -0.2) is 0 Å². The lowest BCUT2D eigenvalue weighted by Crippen LogP contribution is -2.14. The van der Waals surface area contributed by atoms with Crippen LogP contribution in [0.2, 0.25) is 0 Å². The van der Waals surface area contributed by atoms with Crippen LogP contribution in [-0.4, -0.2) is 16.7 Å². The molecule has 0 saturated heterocycles. The van der Waals surface area contributed by atoms with Gasteiger partial charge in [-0.2, -0.15) is 0 Å². The molecular formula is C14H11BrN2O2. The van der Waals surface area contributed by atoms with Crippen molar-refractivity contribution in [1.82, 2.24) is 4.98 Å². The van der Waals surface area contributed by atoms with Crippen molar-refractivity contribution >= 4 is 33.3 Å². The smallest absolute Gasteiger partial charge is 0.257 e. The van der Waals surface area contributed by atoms with Crippen molar-refractivity contribution in [3.63, 3.8) is 0 Å². The lowest BCUT2D eigenvalue weighted by Gasteiger charge is -2.08. The molecule has 0 bridgehead atoms. The molecule has 4 nitrogen and oxygen atoms in total. The Morgan fingerprint density at radius 2 is 1.95 bits per heavy atom. The molecular weight excluding hydrogens is 308 g/mol. The van der Waals surface area contributed by atoms with Gasteiger partial charge in [0, 0.05) is 22.4 Å². The highest BCUT2D eigenvalue weighted by Crippen LogP contribution is 2.17. The minimum atomic E-state index is -0.303. The van der Waals surface area contributed by atoms with Gasteiger partial charge in [0.15, 0.2) is 5.78 Å². The standard InChI is InChI=1S/C14H11BrN2O2/c1-9(18)12-4-2-3-5-13(12)17-14(19)10-6-11(15)8-16-7-10/h2-8H,1H3,(H,17,19). The molecule has 0 aliphatic heterocycles. The van der Waals surface area contributed by atoms with Crippen LogP contribution in [0.15, 0.2) is 47.2 Å². The van der Waals surface area contributed by atoms with Crippen LogP contribution in [0.5, 0.6) is 0 Å². The van der Waals surface area contributed by atoms with Crippen LogP contribution in [0.4, 0.5) is 5.69 Å². The topological polar surface area (TPSA) is 59.1 Å². The van der Waals surface area contributed by atoms with Crippen LogP contribution in [0.25, 0.3) is 0 Å². The fourth-order valence-corrected chi connectivity index (χ4v) is 1.99. The minimum Gasteiger partial charge on any atom is -0.321 e. The zero-order valence-electron chi connectivity index (χ0n) is 10.2. The Labute approximate surface area is 119 Å². The first-order valence-corrected chi connectivity index (χ1v) is 6.39. The van der Waals surface area contributed by atoms with E-state index in [0.717, 1.165) is 4.47 Å². The molecule has 5 heteroatoms. The molecule has 0 unspecified atom stereocenters. The number of carbonyl (C=O) groups is 2. The number of nitrogens with one attached hydrogen (secondary N) is 1. The van der Waals surface area contributed by atoms with E-state index in [1.165, 1.54) is 13.1 Å². The second kappa shape index (κ2) is 5.75. The minimum absolute atomic E-state index is 0.0942. The second-order valence-corrected chi connectivity index (χ2v) is 4.86. The van der Waals surface area contributed by atoms with Gasteiger partial charge in [0.05, 0.1) is 11.3 Å². The Kier molecular flexibility index (Phi) is 4.06. The van der Waals surface area contributed by atoms with Gasteiger partial charge < -0.3 is 5.32 Å². The van der Waals surface area contributed by atoms with Gasteiger partial charge in [-0.15, -0.1) is 0 Å². The number of rotatable bonds is 3. The number of halogens is 1. The molecule has 0 radical (unpaired) electrons. The van der Waals surface area contributed by atoms with Crippen molar-refractivity contribution in [2.24, 2.45) is 0 Å². The molecule has 1 aromatic heterocycles. The van der Waals surface area contributed by atoms with E-state index in [1.807, 2.05) is 0 Å². The molecule has 0 spiro atoms. The Morgan fingerprint density at radius 3 is 2.63 bits per heavy atom. The van der Waals surface area contributed by atoms with E-state index in [-0.39, 0.29) is 11.7 Å². The summed E-state index contributed by atoms with van der Waals surface area (Å²) >= 11 is 3.26. The van der Waals surface area contributed by atoms with Gasteiger partial charge in [0.1, 0.15) is 0 Å². The van der Waals surface area contributed by atoms with Gasteiger partial charge in [0.2, 0.25) is 0 Å². The quantitative estimate of drug-likeness (QED) is 0.883. The summed E-state index contributed by atoms with van der Waals surface area (Å²) in [6, 6.07) is 8.56. The third-order valence-corrected chi connectivity index (χ3v) is 2.96. The third-order valence-electron chi connectivity index (χ3n) is 2.52. The van der Waals surface area contributed by atoms with E-state index in [0.29, 0.717) is 16.8 Å². The molecule has 19 heavy (non-hydrogen) atoms. The second-order valence-electron chi connectivity index (χ2n) is 3.95. The maximum absolute atomic E-state index is 12.1. The van der Waals surface area contributed by atoms with Crippen LogP contribution in [0.3, 0.4) is 0 Å². The fourth-order valence-electron chi connectivity index (χ4n) is 1.63. The number of ketones is 1. The van der Waals surface area contributed by atoms with Crippen LogP contribution in [-0.2, 0) is 0 Å². The van der Waals surface area contributed by atoms with E-state index in [1.54, 1.807) is 36.5 Å². The first-order chi connectivity index (χ1) is 9.08. The van der Waals surface area contributed by atoms with Crippen LogP contribution < -0.4 is 5.32 Å². The molecule has 0 aliphatic carbocycles. The van der Waals surface area contributed by atoms with Crippen molar-refractivity contribution in [3.05, 3.63) is 58.3 Å². The SMILES string of the molecule is CC(=O)c1ccccc1NC(=O)c1cncc(Br)c1. The van der Waals surface area contributed by atoms with Crippen molar-refractivity contribution in [2.45, 2.75) is 6.92 Å². The number of aromatic nitrogens is 1. The number of benzene rings is 1. The molecule has 1 heterocycles. The van der Waals surface area contributed by atoms with E-state index < -0.39 is 0 Å². The highest BCUT2D eigenvalue weighted by atomic mass is 79.9. The van der Waals surface area contributed by atoms with Crippen molar-refractivity contribution in [1.29, 1.82) is 0 Å². The summed E-state index contributed by atoms with van der Waals surface area (Å²) in [7, 11) is 0. The number of pyridine rings is 1. The van der Waals surface area contributed by atoms with E-state index in [2.05, 4.69) is 26.2 Å². The number of anilines is 1. The van der Waals surface area contributed by atoms with Gasteiger partial charge in [-0.05, 0) is 41.1 Å². The predicted octanol–water partition coefficient (Wildman–Crippen LogP) is 3.30. The fraction of sp³-hybridized carbons (Fsp3) is 0.0714. The lowest BCUT2D eigenvalue weighted by atomic mass is 10.1. The van der Waals surface area contributed by atoms with Crippen LogP contribution in [0, 0.1) is 0 Å². The zero-order chi connectivity index (χ0) is 13.8. The maximum Gasteiger partial charge on any atom is 0.257 e. The van der Waals surface area contributed by atoms with Gasteiger partial charge in [0.25, 0.3) is 5.91 Å². The molecule has 0 aliphatic rings. The highest BCUT2D eigenvalue weighted by Gasteiger charge is 2.11. The molecule has 1 aromatic carbocycles. The first kappa shape index (κ1) is 13.4. The molecule has 2 aromatic rings. The largest absolute Gasteiger partial charge is 0.321 e. The third kappa shape index (κ3) is 3.26. The van der Waals surface area contributed by atoms with E-state index >= 15 is 0 Å². The number of Topliss-reactive ketones (excluding diaryl/α,β-unsaturated/α-hetero) is 1. The van der Waals surface area contributed by atoms with Crippen LogP contribution in [0.1, 0.15) is 27.6 Å². The van der Waals surface area contributed by atoms with E-state index in [4.69, 9.17) is 0 Å². The van der Waals surface area contributed by atoms with Gasteiger partial charge in [-0.1, -0.05) is 12.1 Å². The predicted molar refractivity (Wildman–Crippen MR) is 76.3 cm³/mol. The van der Waals surface area contributed by atoms with Gasteiger partial charge >= 0.3 is 0 Å². The molecule has 1 amide bonds. The number of para-hydroxylation sites is 1. The average Bonchev–Trinajstić information content (AvgIpc) is 2.39. The molecule has 0 fully saturated rings. The monoisotopic (exact) mass is 318 g/mol.